The van der Waals surface area contributed by atoms with E-state index in [0.29, 0.717) is 0 Å². The van der Waals surface area contributed by atoms with Gasteiger partial charge in [0.1, 0.15) is 10.4 Å². The highest BCUT2D eigenvalue weighted by Crippen LogP contribution is 2.27. The molecule has 0 spiro atoms. The van der Waals surface area contributed by atoms with Gasteiger partial charge in [-0.2, -0.15) is 0 Å². The molecule has 3 aromatic rings. The third kappa shape index (κ3) is 1.99. The third-order valence-corrected chi connectivity index (χ3v) is 3.16. The van der Waals surface area contributed by atoms with Crippen LogP contribution in [0.1, 0.15) is 5.82 Å². The van der Waals surface area contributed by atoms with E-state index in [1.165, 1.54) is 0 Å². The first kappa shape index (κ1) is 11.3. The number of halogens is 1. The zero-order valence-electron chi connectivity index (χ0n) is 9.76. The number of hydrogen-bond donors (Lipinski definition) is 0. The molecule has 88 valence electrons. The Bertz CT molecular complexity index is 700. The Hall–Kier alpha value is -1.81. The van der Waals surface area contributed by atoms with E-state index >= 15 is 0 Å². The largest absolute Gasteiger partial charge is 0.263 e. The van der Waals surface area contributed by atoms with Crippen LogP contribution in [-0.2, 0) is 0 Å². The number of rotatable bonds is 1. The molecule has 0 saturated carbocycles. The number of fused-ring (bicyclic) bond motifs is 1. The van der Waals surface area contributed by atoms with Crippen molar-refractivity contribution in [1.29, 1.82) is 0 Å². The second-order valence-electron chi connectivity index (χ2n) is 4.03. The summed E-state index contributed by atoms with van der Waals surface area (Å²) in [5, 5.41) is 2.26. The molecule has 2 aromatic heterocycles. The van der Waals surface area contributed by atoms with Crippen LogP contribution in [0.15, 0.2) is 47.3 Å². The SMILES string of the molecule is Cc1nc(Br)cc(-c2cncc3ccccc23)n1. The van der Waals surface area contributed by atoms with Gasteiger partial charge < -0.3 is 0 Å². The van der Waals surface area contributed by atoms with E-state index in [-0.39, 0.29) is 0 Å². The lowest BCUT2D eigenvalue weighted by molar-refractivity contribution is 1.04. The first-order chi connectivity index (χ1) is 8.74. The molecule has 0 aliphatic carbocycles. The predicted octanol–water partition coefficient (Wildman–Crippen LogP) is 3.76. The molecule has 0 fully saturated rings. The second-order valence-corrected chi connectivity index (χ2v) is 4.84. The van der Waals surface area contributed by atoms with Gasteiger partial charge >= 0.3 is 0 Å². The van der Waals surface area contributed by atoms with Crippen molar-refractivity contribution in [3.63, 3.8) is 0 Å². The lowest BCUT2D eigenvalue weighted by Crippen LogP contribution is -1.93. The summed E-state index contributed by atoms with van der Waals surface area (Å²) in [5.41, 5.74) is 1.91. The zero-order valence-corrected chi connectivity index (χ0v) is 11.3. The normalized spacial score (nSPS) is 10.8. The monoisotopic (exact) mass is 299 g/mol. The van der Waals surface area contributed by atoms with Crippen LogP contribution in [0.4, 0.5) is 0 Å². The van der Waals surface area contributed by atoms with Crippen LogP contribution in [0.2, 0.25) is 0 Å². The van der Waals surface area contributed by atoms with Gasteiger partial charge in [0.05, 0.1) is 5.69 Å². The fraction of sp³-hybridized carbons (Fsp3) is 0.0714. The minimum atomic E-state index is 0.743. The van der Waals surface area contributed by atoms with Crippen molar-refractivity contribution in [2.75, 3.05) is 0 Å². The Morgan fingerprint density at radius 1 is 1.06 bits per heavy atom. The Kier molecular flexibility index (Phi) is 2.80. The molecule has 0 aliphatic rings. The van der Waals surface area contributed by atoms with E-state index in [1.54, 1.807) is 0 Å². The molecule has 0 aliphatic heterocycles. The maximum atomic E-state index is 4.47. The van der Waals surface area contributed by atoms with E-state index in [2.05, 4.69) is 43.0 Å². The number of nitrogens with zero attached hydrogens (tertiary/aromatic N) is 3. The molecular formula is C14H10BrN3. The molecule has 3 rings (SSSR count). The molecule has 0 amide bonds. The average molecular weight is 300 g/mol. The van der Waals surface area contributed by atoms with Gasteiger partial charge in [-0.1, -0.05) is 24.3 Å². The average Bonchev–Trinajstić information content (AvgIpc) is 2.37. The minimum Gasteiger partial charge on any atom is -0.263 e. The van der Waals surface area contributed by atoms with Gasteiger partial charge in [-0.3, -0.25) is 4.98 Å². The highest BCUT2D eigenvalue weighted by molar-refractivity contribution is 9.10. The van der Waals surface area contributed by atoms with Crippen molar-refractivity contribution in [3.05, 3.63) is 53.2 Å². The van der Waals surface area contributed by atoms with Crippen molar-refractivity contribution >= 4 is 26.7 Å². The molecule has 0 radical (unpaired) electrons. The highest BCUT2D eigenvalue weighted by atomic mass is 79.9. The van der Waals surface area contributed by atoms with Crippen LogP contribution in [0.25, 0.3) is 22.0 Å². The summed E-state index contributed by atoms with van der Waals surface area (Å²) in [6.45, 7) is 1.88. The van der Waals surface area contributed by atoms with Gasteiger partial charge in [0, 0.05) is 23.3 Å². The highest BCUT2D eigenvalue weighted by Gasteiger charge is 2.07. The van der Waals surface area contributed by atoms with Crippen molar-refractivity contribution in [2.24, 2.45) is 0 Å². The van der Waals surface area contributed by atoms with Crippen molar-refractivity contribution < 1.29 is 0 Å². The maximum absolute atomic E-state index is 4.47. The van der Waals surface area contributed by atoms with Crippen molar-refractivity contribution in [1.82, 2.24) is 15.0 Å². The topological polar surface area (TPSA) is 38.7 Å². The summed E-state index contributed by atoms with van der Waals surface area (Å²) in [6, 6.07) is 10.1. The Labute approximate surface area is 113 Å². The Balaban J connectivity index is 2.31. The standard InChI is InChI=1S/C14H10BrN3/c1-9-17-13(6-14(15)18-9)12-8-16-7-10-4-2-3-5-11(10)12/h2-8H,1H3. The molecule has 2 heterocycles. The van der Waals surface area contributed by atoms with E-state index < -0.39 is 0 Å². The smallest absolute Gasteiger partial charge is 0.127 e. The predicted molar refractivity (Wildman–Crippen MR) is 75.2 cm³/mol. The van der Waals surface area contributed by atoms with Gasteiger partial charge in [0.15, 0.2) is 0 Å². The fourth-order valence-corrected chi connectivity index (χ4v) is 2.46. The first-order valence-corrected chi connectivity index (χ1v) is 6.37. The quantitative estimate of drug-likeness (QED) is 0.642. The van der Waals surface area contributed by atoms with Crippen molar-refractivity contribution in [3.8, 4) is 11.3 Å². The summed E-state index contributed by atoms with van der Waals surface area (Å²) in [6.07, 6.45) is 3.71. The van der Waals surface area contributed by atoms with E-state index in [4.69, 9.17) is 0 Å². The number of aromatic nitrogens is 3. The van der Waals surface area contributed by atoms with Gasteiger partial charge in [-0.25, -0.2) is 9.97 Å². The van der Waals surface area contributed by atoms with Gasteiger partial charge in [-0.05, 0) is 34.3 Å². The van der Waals surface area contributed by atoms with Gasteiger partial charge in [0.25, 0.3) is 0 Å². The molecule has 0 bridgehead atoms. The number of hydrogen-bond acceptors (Lipinski definition) is 3. The lowest BCUT2D eigenvalue weighted by Gasteiger charge is -2.06. The van der Waals surface area contributed by atoms with Crippen LogP contribution < -0.4 is 0 Å². The number of pyridine rings is 1. The first-order valence-electron chi connectivity index (χ1n) is 5.58. The second kappa shape index (κ2) is 4.46. The zero-order chi connectivity index (χ0) is 12.5. The third-order valence-electron chi connectivity index (χ3n) is 2.75. The van der Waals surface area contributed by atoms with Crippen LogP contribution in [0.3, 0.4) is 0 Å². The lowest BCUT2D eigenvalue weighted by atomic mass is 10.1. The molecule has 4 heteroatoms. The molecule has 1 aromatic carbocycles. The summed E-state index contributed by atoms with van der Waals surface area (Å²) in [4.78, 5) is 13.0. The Morgan fingerprint density at radius 3 is 2.72 bits per heavy atom. The minimum absolute atomic E-state index is 0.743. The summed E-state index contributed by atoms with van der Waals surface area (Å²) >= 11 is 3.40. The molecule has 3 nitrogen and oxygen atoms in total. The molecule has 0 unspecified atom stereocenters. The summed E-state index contributed by atoms with van der Waals surface area (Å²) in [7, 11) is 0. The molecule has 0 N–H and O–H groups in total. The van der Waals surface area contributed by atoms with Crippen LogP contribution in [-0.4, -0.2) is 15.0 Å². The van der Waals surface area contributed by atoms with E-state index in [1.807, 2.05) is 37.5 Å². The summed E-state index contributed by atoms with van der Waals surface area (Å²) in [5.74, 6) is 0.743. The van der Waals surface area contributed by atoms with Crippen LogP contribution in [0, 0.1) is 6.92 Å². The van der Waals surface area contributed by atoms with Gasteiger partial charge in [0.2, 0.25) is 0 Å². The fourth-order valence-electron chi connectivity index (χ4n) is 1.99. The molecular weight excluding hydrogens is 290 g/mol. The summed E-state index contributed by atoms with van der Waals surface area (Å²) < 4.78 is 0.790. The molecule has 0 saturated heterocycles. The molecule has 0 atom stereocenters. The van der Waals surface area contributed by atoms with Gasteiger partial charge in [-0.15, -0.1) is 0 Å². The molecule has 18 heavy (non-hydrogen) atoms. The van der Waals surface area contributed by atoms with E-state index in [9.17, 15) is 0 Å². The number of benzene rings is 1. The van der Waals surface area contributed by atoms with Crippen LogP contribution >= 0.6 is 15.9 Å². The van der Waals surface area contributed by atoms with Crippen molar-refractivity contribution in [2.45, 2.75) is 6.92 Å². The maximum Gasteiger partial charge on any atom is 0.127 e. The Morgan fingerprint density at radius 2 is 1.89 bits per heavy atom. The van der Waals surface area contributed by atoms with Crippen LogP contribution in [0.5, 0.6) is 0 Å². The number of aryl methyl sites for hydroxylation is 1. The van der Waals surface area contributed by atoms with E-state index in [0.717, 1.165) is 32.5 Å².